The van der Waals surface area contributed by atoms with Gasteiger partial charge in [0.1, 0.15) is 0 Å². The van der Waals surface area contributed by atoms with E-state index in [0.29, 0.717) is 5.92 Å². The van der Waals surface area contributed by atoms with Crippen molar-refractivity contribution in [3.8, 4) is 0 Å². The minimum Gasteiger partial charge on any atom is -0.310 e. The van der Waals surface area contributed by atoms with Gasteiger partial charge in [-0.2, -0.15) is 0 Å². The molecule has 0 aromatic heterocycles. The first-order valence-corrected chi connectivity index (χ1v) is 11.7. The molecule has 1 unspecified atom stereocenters. The molecule has 162 valence electrons. The molecule has 1 atom stereocenters. The zero-order valence-electron chi connectivity index (χ0n) is 19.9. The van der Waals surface area contributed by atoms with Crippen LogP contribution in [0.3, 0.4) is 0 Å². The van der Waals surface area contributed by atoms with Crippen LogP contribution in [0.25, 0.3) is 6.08 Å². The van der Waals surface area contributed by atoms with Gasteiger partial charge in [0.05, 0.1) is 0 Å². The molecule has 3 aromatic carbocycles. The molecule has 3 aromatic rings. The Hall–Kier alpha value is -2.80. The summed E-state index contributed by atoms with van der Waals surface area (Å²) < 4.78 is 0. The molecule has 0 fully saturated rings. The predicted octanol–water partition coefficient (Wildman–Crippen LogP) is 9.39. The molecule has 0 aliphatic heterocycles. The minimum atomic E-state index is 0.226. The number of rotatable bonds is 9. The van der Waals surface area contributed by atoms with Gasteiger partial charge in [-0.1, -0.05) is 83.7 Å². The zero-order chi connectivity index (χ0) is 22.4. The summed E-state index contributed by atoms with van der Waals surface area (Å²) in [6, 6.07) is 26.8. The normalized spacial score (nSPS) is 12.4. The first-order chi connectivity index (χ1) is 15.0. The maximum absolute atomic E-state index is 3.96. The van der Waals surface area contributed by atoms with Crippen LogP contribution in [0.2, 0.25) is 0 Å². The quantitative estimate of drug-likeness (QED) is 0.339. The van der Waals surface area contributed by atoms with Crippen molar-refractivity contribution in [3.05, 3.63) is 96.1 Å². The standard InChI is InChI=1S/C30H37N/c1-7-23(5)25-14-18-27(19-15-25)31(29-13-11-12-24(8-2)22-29)28-20-16-26(17-21-28)30(6,9-3)10-4/h8,11-23H,2,7,9-10H2,1,3-6H3. The van der Waals surface area contributed by atoms with Gasteiger partial charge in [-0.15, -0.1) is 0 Å². The summed E-state index contributed by atoms with van der Waals surface area (Å²) in [6.07, 6.45) is 5.35. The molecule has 1 heteroatoms. The van der Waals surface area contributed by atoms with Gasteiger partial charge < -0.3 is 4.90 Å². The summed E-state index contributed by atoms with van der Waals surface area (Å²) in [4.78, 5) is 2.34. The van der Waals surface area contributed by atoms with Crippen LogP contribution in [0.4, 0.5) is 17.1 Å². The van der Waals surface area contributed by atoms with Crippen LogP contribution in [-0.2, 0) is 5.41 Å². The van der Waals surface area contributed by atoms with Crippen LogP contribution in [0.1, 0.15) is 76.5 Å². The Morgan fingerprint density at radius 1 is 0.839 bits per heavy atom. The molecule has 0 aliphatic carbocycles. The molecular weight excluding hydrogens is 374 g/mol. The second-order valence-electron chi connectivity index (χ2n) is 8.85. The van der Waals surface area contributed by atoms with Crippen LogP contribution in [0.5, 0.6) is 0 Å². The Morgan fingerprint density at radius 3 is 1.94 bits per heavy atom. The Balaban J connectivity index is 2.07. The molecule has 0 saturated carbocycles. The number of benzene rings is 3. The van der Waals surface area contributed by atoms with Gasteiger partial charge in [-0.3, -0.25) is 0 Å². The molecule has 0 aliphatic rings. The topological polar surface area (TPSA) is 3.24 Å². The fourth-order valence-electron chi connectivity index (χ4n) is 4.10. The number of anilines is 3. The lowest BCUT2D eigenvalue weighted by Crippen LogP contribution is -2.19. The number of hydrogen-bond acceptors (Lipinski definition) is 1. The molecule has 0 radical (unpaired) electrons. The van der Waals surface area contributed by atoms with E-state index >= 15 is 0 Å². The van der Waals surface area contributed by atoms with Crippen molar-refractivity contribution >= 4 is 23.1 Å². The summed E-state index contributed by atoms with van der Waals surface area (Å²) >= 11 is 0. The Morgan fingerprint density at radius 2 is 1.42 bits per heavy atom. The fourth-order valence-corrected chi connectivity index (χ4v) is 4.10. The third-order valence-corrected chi connectivity index (χ3v) is 7.08. The Labute approximate surface area is 189 Å². The van der Waals surface area contributed by atoms with E-state index in [1.54, 1.807) is 0 Å². The van der Waals surface area contributed by atoms with Crippen LogP contribution in [0.15, 0.2) is 79.4 Å². The van der Waals surface area contributed by atoms with E-state index in [-0.39, 0.29) is 5.41 Å². The van der Waals surface area contributed by atoms with Gasteiger partial charge in [-0.05, 0) is 83.7 Å². The van der Waals surface area contributed by atoms with E-state index in [4.69, 9.17) is 0 Å². The second kappa shape index (κ2) is 10.0. The first kappa shape index (κ1) is 22.9. The number of hydrogen-bond donors (Lipinski definition) is 0. The molecule has 0 saturated heterocycles. The van der Waals surface area contributed by atoms with Crippen LogP contribution < -0.4 is 4.90 Å². The van der Waals surface area contributed by atoms with Crippen molar-refractivity contribution in [2.24, 2.45) is 0 Å². The van der Waals surface area contributed by atoms with Gasteiger partial charge >= 0.3 is 0 Å². The van der Waals surface area contributed by atoms with Crippen LogP contribution >= 0.6 is 0 Å². The Kier molecular flexibility index (Phi) is 7.38. The lowest BCUT2D eigenvalue weighted by molar-refractivity contribution is 0.439. The maximum Gasteiger partial charge on any atom is 0.0467 e. The van der Waals surface area contributed by atoms with E-state index in [1.807, 2.05) is 6.08 Å². The summed E-state index contributed by atoms with van der Waals surface area (Å²) in [7, 11) is 0. The largest absolute Gasteiger partial charge is 0.310 e. The Bertz CT molecular complexity index is 978. The average molecular weight is 412 g/mol. The highest BCUT2D eigenvalue weighted by Crippen LogP contribution is 2.38. The van der Waals surface area contributed by atoms with Gasteiger partial charge in [-0.25, -0.2) is 0 Å². The SMILES string of the molecule is C=Cc1cccc(N(c2ccc(C(C)CC)cc2)c2ccc(C(C)(CC)CC)cc2)c1. The molecule has 0 bridgehead atoms. The molecule has 0 amide bonds. The third kappa shape index (κ3) is 4.93. The molecule has 0 heterocycles. The van der Waals surface area contributed by atoms with Crippen molar-refractivity contribution < 1.29 is 0 Å². The van der Waals surface area contributed by atoms with E-state index in [2.05, 4.69) is 119 Å². The third-order valence-electron chi connectivity index (χ3n) is 7.08. The fraction of sp³-hybridized carbons (Fsp3) is 0.333. The molecule has 3 rings (SSSR count). The maximum atomic E-state index is 3.96. The van der Waals surface area contributed by atoms with E-state index in [9.17, 15) is 0 Å². The lowest BCUT2D eigenvalue weighted by atomic mass is 9.78. The van der Waals surface area contributed by atoms with Crippen LogP contribution in [-0.4, -0.2) is 0 Å². The van der Waals surface area contributed by atoms with Gasteiger partial charge in [0, 0.05) is 17.1 Å². The highest BCUT2D eigenvalue weighted by molar-refractivity contribution is 5.78. The highest BCUT2D eigenvalue weighted by atomic mass is 15.1. The molecule has 0 N–H and O–H groups in total. The van der Waals surface area contributed by atoms with Crippen molar-refractivity contribution in [2.75, 3.05) is 4.90 Å². The van der Waals surface area contributed by atoms with Crippen molar-refractivity contribution in [1.29, 1.82) is 0 Å². The lowest BCUT2D eigenvalue weighted by Gasteiger charge is -2.30. The van der Waals surface area contributed by atoms with Crippen molar-refractivity contribution in [2.45, 2.75) is 65.2 Å². The summed E-state index contributed by atoms with van der Waals surface area (Å²) in [5.41, 5.74) is 7.65. The molecular formula is C30H37N. The van der Waals surface area contributed by atoms with Crippen molar-refractivity contribution in [3.63, 3.8) is 0 Å². The van der Waals surface area contributed by atoms with Gasteiger partial charge in [0.2, 0.25) is 0 Å². The van der Waals surface area contributed by atoms with E-state index in [1.165, 1.54) is 22.5 Å². The van der Waals surface area contributed by atoms with Crippen LogP contribution in [0, 0.1) is 0 Å². The smallest absolute Gasteiger partial charge is 0.0467 e. The highest BCUT2D eigenvalue weighted by Gasteiger charge is 2.22. The number of nitrogens with zero attached hydrogens (tertiary/aromatic N) is 1. The van der Waals surface area contributed by atoms with E-state index < -0.39 is 0 Å². The zero-order valence-corrected chi connectivity index (χ0v) is 19.9. The first-order valence-electron chi connectivity index (χ1n) is 11.7. The molecule has 0 spiro atoms. The van der Waals surface area contributed by atoms with Gasteiger partial charge in [0.15, 0.2) is 0 Å². The minimum absolute atomic E-state index is 0.226. The second-order valence-corrected chi connectivity index (χ2v) is 8.85. The predicted molar refractivity (Wildman–Crippen MR) is 138 cm³/mol. The molecule has 31 heavy (non-hydrogen) atoms. The van der Waals surface area contributed by atoms with Gasteiger partial charge in [0.25, 0.3) is 0 Å². The summed E-state index contributed by atoms with van der Waals surface area (Å²) in [5.74, 6) is 0.576. The van der Waals surface area contributed by atoms with Crippen molar-refractivity contribution in [1.82, 2.24) is 0 Å². The summed E-state index contributed by atoms with van der Waals surface area (Å²) in [5, 5.41) is 0. The molecule has 1 nitrogen and oxygen atoms in total. The monoisotopic (exact) mass is 411 g/mol. The average Bonchev–Trinajstić information content (AvgIpc) is 2.84. The van der Waals surface area contributed by atoms with E-state index in [0.717, 1.165) is 30.5 Å². The summed E-state index contributed by atoms with van der Waals surface area (Å²) in [6.45, 7) is 15.4.